The lowest BCUT2D eigenvalue weighted by Crippen LogP contribution is -2.42. The van der Waals surface area contributed by atoms with Crippen LogP contribution in [0.5, 0.6) is 0 Å². The van der Waals surface area contributed by atoms with Gasteiger partial charge in [-0.25, -0.2) is 9.53 Å². The number of thioether (sulfide) groups is 1. The van der Waals surface area contributed by atoms with Crippen molar-refractivity contribution in [2.45, 2.75) is 44.8 Å². The van der Waals surface area contributed by atoms with E-state index in [4.69, 9.17) is 4.74 Å². The molecule has 1 unspecified atom stereocenters. The molecular formula is C19H29N3O3S. The van der Waals surface area contributed by atoms with E-state index >= 15 is 0 Å². The quantitative estimate of drug-likeness (QED) is 0.329. The highest BCUT2D eigenvalue weighted by Gasteiger charge is 2.23. The minimum absolute atomic E-state index is 0.342. The highest BCUT2D eigenvalue weighted by Crippen LogP contribution is 2.32. The summed E-state index contributed by atoms with van der Waals surface area (Å²) in [5.41, 5.74) is 1.87. The Labute approximate surface area is 160 Å². The minimum atomic E-state index is -0.562. The number of hydrogen-bond acceptors (Lipinski definition) is 5. The molecule has 0 aromatic heterocycles. The molecule has 1 heterocycles. The molecule has 2 rings (SSSR count). The summed E-state index contributed by atoms with van der Waals surface area (Å²) in [5, 5.41) is 18.4. The van der Waals surface area contributed by atoms with Crippen molar-refractivity contribution in [2.24, 2.45) is 0 Å². The van der Waals surface area contributed by atoms with Gasteiger partial charge in [-0.15, -0.1) is 0 Å². The molecule has 6 nitrogen and oxygen atoms in total. The number of anilines is 1. The summed E-state index contributed by atoms with van der Waals surface area (Å²) in [7, 11) is 0. The van der Waals surface area contributed by atoms with Gasteiger partial charge in [-0.2, -0.15) is 11.8 Å². The fourth-order valence-electron chi connectivity index (χ4n) is 2.93. The molecule has 1 aliphatic rings. The molecule has 0 bridgehead atoms. The molecular weight excluding hydrogens is 350 g/mol. The van der Waals surface area contributed by atoms with Gasteiger partial charge in [-0.05, 0) is 38.7 Å². The minimum Gasteiger partial charge on any atom is -0.624 e. The molecule has 0 fully saturated rings. The average molecular weight is 380 g/mol. The van der Waals surface area contributed by atoms with E-state index in [1.54, 1.807) is 11.8 Å². The molecule has 1 aromatic rings. The largest absolute Gasteiger partial charge is 0.624 e. The standard InChI is InChI=1S/C19H29N3O3S/c1-19(2,3)25-18(23)21-15(13-26-4)12-22(24)10-9-14-11-20-17-8-6-5-7-16(14)17/h5-8,12,14-15,20H,9-11,13H2,1-4H3,(H,21,23)/b22-12-/t14?,15-/m1/s1. The third-order valence-corrected chi connectivity index (χ3v) is 4.72. The molecule has 0 spiro atoms. The molecule has 7 heteroatoms. The van der Waals surface area contributed by atoms with Crippen molar-refractivity contribution in [3.8, 4) is 0 Å². The number of rotatable bonds is 7. The first-order chi connectivity index (χ1) is 12.3. The van der Waals surface area contributed by atoms with Crippen LogP contribution in [0, 0.1) is 5.21 Å². The third-order valence-electron chi connectivity index (χ3n) is 4.03. The number of nitrogens with zero attached hydrogens (tertiary/aromatic N) is 1. The SMILES string of the molecule is CSC[C@@H](/C=[N+](\[O-])CCC1CNc2ccccc21)NC(=O)OC(C)(C)C. The number of fused-ring (bicyclic) bond motifs is 1. The van der Waals surface area contributed by atoms with Crippen LogP contribution in [0.2, 0.25) is 0 Å². The second-order valence-electron chi connectivity index (χ2n) is 7.45. The number of ether oxygens (including phenoxy) is 1. The van der Waals surface area contributed by atoms with Gasteiger partial charge in [-0.1, -0.05) is 18.2 Å². The summed E-state index contributed by atoms with van der Waals surface area (Å²) in [6.07, 6.45) is 3.74. The van der Waals surface area contributed by atoms with Gasteiger partial charge in [0.2, 0.25) is 0 Å². The van der Waals surface area contributed by atoms with Gasteiger partial charge < -0.3 is 20.6 Å². The highest BCUT2D eigenvalue weighted by molar-refractivity contribution is 7.98. The Hall–Kier alpha value is -1.89. The molecule has 2 N–H and O–H groups in total. The van der Waals surface area contributed by atoms with Crippen molar-refractivity contribution in [1.82, 2.24) is 5.32 Å². The zero-order valence-corrected chi connectivity index (χ0v) is 16.8. The van der Waals surface area contributed by atoms with E-state index in [-0.39, 0.29) is 6.04 Å². The van der Waals surface area contributed by atoms with Crippen LogP contribution >= 0.6 is 11.8 Å². The summed E-state index contributed by atoms with van der Waals surface area (Å²) in [6, 6.07) is 7.86. The number of alkyl carbamates (subject to hydrolysis) is 1. The van der Waals surface area contributed by atoms with Gasteiger partial charge in [0, 0.05) is 30.3 Å². The number of hydrogen-bond donors (Lipinski definition) is 2. The molecule has 2 atom stereocenters. The number of hydroxylamine groups is 1. The Morgan fingerprint density at radius 3 is 2.92 bits per heavy atom. The monoisotopic (exact) mass is 379 g/mol. The maximum Gasteiger partial charge on any atom is 0.408 e. The lowest BCUT2D eigenvalue weighted by atomic mass is 9.98. The number of para-hydroxylation sites is 1. The summed E-state index contributed by atoms with van der Waals surface area (Å²) in [6.45, 7) is 6.69. The molecule has 1 aliphatic heterocycles. The molecule has 1 amide bonds. The Balaban J connectivity index is 1.90. The normalized spacial score (nSPS) is 18.0. The van der Waals surface area contributed by atoms with Crippen molar-refractivity contribution in [3.05, 3.63) is 35.0 Å². The van der Waals surface area contributed by atoms with Gasteiger partial charge >= 0.3 is 6.09 Å². The van der Waals surface area contributed by atoms with Crippen LogP contribution < -0.4 is 10.6 Å². The van der Waals surface area contributed by atoms with Crippen LogP contribution in [-0.4, -0.2) is 53.8 Å². The molecule has 0 saturated heterocycles. The van der Waals surface area contributed by atoms with Gasteiger partial charge in [0.05, 0.1) is 0 Å². The van der Waals surface area contributed by atoms with Gasteiger partial charge in [0.1, 0.15) is 11.6 Å². The Kier molecular flexibility index (Phi) is 7.20. The van der Waals surface area contributed by atoms with E-state index < -0.39 is 11.7 Å². The van der Waals surface area contributed by atoms with Crippen molar-refractivity contribution in [3.63, 3.8) is 0 Å². The van der Waals surface area contributed by atoms with Crippen LogP contribution in [0.4, 0.5) is 10.5 Å². The van der Waals surface area contributed by atoms with Crippen molar-refractivity contribution in [2.75, 3.05) is 30.4 Å². The van der Waals surface area contributed by atoms with E-state index in [0.717, 1.165) is 23.4 Å². The molecule has 26 heavy (non-hydrogen) atoms. The zero-order chi connectivity index (χ0) is 19.2. The summed E-state index contributed by atoms with van der Waals surface area (Å²) in [5.74, 6) is 0.958. The van der Waals surface area contributed by atoms with Crippen molar-refractivity contribution >= 4 is 29.8 Å². The lowest BCUT2D eigenvalue weighted by molar-refractivity contribution is -0.455. The molecule has 0 saturated carbocycles. The van der Waals surface area contributed by atoms with Gasteiger partial charge in [-0.3, -0.25) is 0 Å². The average Bonchev–Trinajstić information content (AvgIpc) is 2.94. The zero-order valence-electron chi connectivity index (χ0n) is 16.0. The van der Waals surface area contributed by atoms with Gasteiger partial charge in [0.25, 0.3) is 0 Å². The topological polar surface area (TPSA) is 76.4 Å². The van der Waals surface area contributed by atoms with Crippen molar-refractivity contribution < 1.29 is 14.3 Å². The van der Waals surface area contributed by atoms with Gasteiger partial charge in [0.15, 0.2) is 12.8 Å². The molecule has 0 aliphatic carbocycles. The van der Waals surface area contributed by atoms with Crippen LogP contribution in [0.25, 0.3) is 0 Å². The predicted octanol–water partition coefficient (Wildman–Crippen LogP) is 3.42. The number of benzene rings is 1. The van der Waals surface area contributed by atoms with E-state index in [0.29, 0.717) is 18.2 Å². The van der Waals surface area contributed by atoms with E-state index in [9.17, 15) is 10.0 Å². The van der Waals surface area contributed by atoms with E-state index in [2.05, 4.69) is 22.8 Å². The van der Waals surface area contributed by atoms with E-state index in [1.165, 1.54) is 11.8 Å². The fourth-order valence-corrected chi connectivity index (χ4v) is 3.46. The molecule has 0 radical (unpaired) electrons. The second-order valence-corrected chi connectivity index (χ2v) is 8.36. The maximum absolute atomic E-state index is 12.3. The van der Waals surface area contributed by atoms with Crippen LogP contribution in [-0.2, 0) is 4.74 Å². The van der Waals surface area contributed by atoms with Crippen LogP contribution in [0.3, 0.4) is 0 Å². The Bertz CT molecular complexity index is 643. The lowest BCUT2D eigenvalue weighted by Gasteiger charge is -2.21. The van der Waals surface area contributed by atoms with Crippen molar-refractivity contribution in [1.29, 1.82) is 0 Å². The smallest absolute Gasteiger partial charge is 0.408 e. The Morgan fingerprint density at radius 1 is 1.50 bits per heavy atom. The summed E-state index contributed by atoms with van der Waals surface area (Å²) >= 11 is 1.57. The first-order valence-corrected chi connectivity index (χ1v) is 10.3. The predicted molar refractivity (Wildman–Crippen MR) is 108 cm³/mol. The van der Waals surface area contributed by atoms with E-state index in [1.807, 2.05) is 39.2 Å². The maximum atomic E-state index is 12.3. The molecule has 1 aromatic carbocycles. The number of carbonyl (C=O) groups is 1. The summed E-state index contributed by atoms with van der Waals surface area (Å²) in [4.78, 5) is 11.9. The third kappa shape index (κ3) is 6.44. The first-order valence-electron chi connectivity index (χ1n) is 8.88. The second kappa shape index (κ2) is 9.16. The first kappa shape index (κ1) is 20.4. The molecule has 144 valence electrons. The summed E-state index contributed by atoms with van der Waals surface area (Å²) < 4.78 is 6.20. The van der Waals surface area contributed by atoms with Crippen LogP contribution in [0.15, 0.2) is 24.3 Å². The fraction of sp³-hybridized carbons (Fsp3) is 0.579. The Morgan fingerprint density at radius 2 is 2.23 bits per heavy atom. The number of carbonyl (C=O) groups excluding carboxylic acids is 1. The number of amides is 1. The highest BCUT2D eigenvalue weighted by atomic mass is 32.2. The van der Waals surface area contributed by atoms with Crippen LogP contribution in [0.1, 0.15) is 38.7 Å². The number of nitrogens with one attached hydrogen (secondary N) is 2.